The number of nitrogens with one attached hydrogen (secondary N) is 2. The molecule has 3 N–H and O–H groups in total. The van der Waals surface area contributed by atoms with Crippen LogP contribution in [0.1, 0.15) is 16.2 Å². The van der Waals surface area contributed by atoms with Crippen molar-refractivity contribution in [3.05, 3.63) is 48.1 Å². The van der Waals surface area contributed by atoms with Crippen LogP contribution in [0.2, 0.25) is 0 Å². The van der Waals surface area contributed by atoms with Gasteiger partial charge in [0.15, 0.2) is 5.78 Å². The van der Waals surface area contributed by atoms with Crippen molar-refractivity contribution in [3.8, 4) is 17.1 Å². The molecule has 21 heavy (non-hydrogen) atoms. The van der Waals surface area contributed by atoms with E-state index in [0.717, 1.165) is 0 Å². The van der Waals surface area contributed by atoms with E-state index in [9.17, 15) is 9.90 Å². The highest BCUT2D eigenvalue weighted by molar-refractivity contribution is 6.09. The molecule has 0 unspecified atom stereocenters. The number of H-pyrrole nitrogens is 2. The van der Waals surface area contributed by atoms with Gasteiger partial charge in [-0.3, -0.25) is 4.79 Å². The Morgan fingerprint density at radius 1 is 1.33 bits per heavy atom. The molecular formula is C13H10N6O2. The van der Waals surface area contributed by atoms with E-state index in [0.29, 0.717) is 17.2 Å². The number of benzene rings is 1. The number of hydrogen-bond acceptors (Lipinski definition) is 6. The summed E-state index contributed by atoms with van der Waals surface area (Å²) in [4.78, 5) is 19.0. The minimum Gasteiger partial charge on any atom is -0.507 e. The number of imidazole rings is 1. The van der Waals surface area contributed by atoms with Crippen LogP contribution >= 0.6 is 0 Å². The first-order valence-electron chi connectivity index (χ1n) is 6.02. The highest BCUT2D eigenvalue weighted by Crippen LogP contribution is 2.24. The molecule has 0 radical (unpaired) electrons. The number of hydrogen-bond donors (Lipinski definition) is 3. The Hall–Kier alpha value is -3.29. The summed E-state index contributed by atoms with van der Waals surface area (Å²) in [6.45, 7) is 0. The molecule has 3 aromatic rings. The molecule has 0 aliphatic carbocycles. The fraction of sp³-hybridized carbons (Fsp3) is 0. The second-order valence-corrected chi connectivity index (χ2v) is 4.14. The molecule has 2 aromatic heterocycles. The first-order valence-corrected chi connectivity index (χ1v) is 6.02. The van der Waals surface area contributed by atoms with Gasteiger partial charge in [0.25, 0.3) is 0 Å². The lowest BCUT2D eigenvalue weighted by atomic mass is 10.0. The van der Waals surface area contributed by atoms with E-state index in [2.05, 4.69) is 30.6 Å². The van der Waals surface area contributed by atoms with Crippen LogP contribution in [0.3, 0.4) is 0 Å². The molecule has 0 saturated heterocycles. The summed E-state index contributed by atoms with van der Waals surface area (Å²) in [6.07, 6.45) is 6.09. The molecule has 0 spiro atoms. The van der Waals surface area contributed by atoms with Crippen LogP contribution in [0.25, 0.3) is 17.5 Å². The number of nitrogens with zero attached hydrogens (tertiary/aromatic N) is 4. The summed E-state index contributed by atoms with van der Waals surface area (Å²) >= 11 is 0. The average Bonchev–Trinajstić information content (AvgIpc) is 3.18. The minimum atomic E-state index is -0.353. The smallest absolute Gasteiger partial charge is 0.204 e. The molecule has 3 rings (SSSR count). The number of aromatic amines is 2. The fourth-order valence-electron chi connectivity index (χ4n) is 1.77. The second kappa shape index (κ2) is 5.37. The van der Waals surface area contributed by atoms with Gasteiger partial charge >= 0.3 is 0 Å². The summed E-state index contributed by atoms with van der Waals surface area (Å²) in [5.74, 6) is 0.432. The number of tetrazole rings is 1. The molecule has 0 saturated carbocycles. The fourth-order valence-corrected chi connectivity index (χ4v) is 1.77. The second-order valence-electron chi connectivity index (χ2n) is 4.14. The number of allylic oxidation sites excluding steroid dienone is 1. The maximum Gasteiger partial charge on any atom is 0.204 e. The topological polar surface area (TPSA) is 120 Å². The van der Waals surface area contributed by atoms with Crippen molar-refractivity contribution >= 4 is 11.9 Å². The van der Waals surface area contributed by atoms with E-state index in [1.54, 1.807) is 18.5 Å². The van der Waals surface area contributed by atoms with Crippen molar-refractivity contribution in [2.45, 2.75) is 0 Å². The number of phenolic OH excluding ortho intramolecular Hbond substituents is 1. The van der Waals surface area contributed by atoms with Crippen molar-refractivity contribution in [1.29, 1.82) is 0 Å². The third-order valence-electron chi connectivity index (χ3n) is 2.78. The van der Waals surface area contributed by atoms with Gasteiger partial charge in [0.2, 0.25) is 5.82 Å². The van der Waals surface area contributed by atoms with Crippen LogP contribution in [-0.2, 0) is 0 Å². The average molecular weight is 282 g/mol. The summed E-state index contributed by atoms with van der Waals surface area (Å²) in [5.41, 5.74) is 0.733. The minimum absolute atomic E-state index is 0.115. The maximum atomic E-state index is 12.1. The Morgan fingerprint density at radius 3 is 2.95 bits per heavy atom. The van der Waals surface area contributed by atoms with Crippen molar-refractivity contribution in [3.63, 3.8) is 0 Å². The van der Waals surface area contributed by atoms with Crippen LogP contribution in [0, 0.1) is 0 Å². The van der Waals surface area contributed by atoms with Gasteiger partial charge in [0.1, 0.15) is 11.6 Å². The standard InChI is InChI=1S/C13H10N6O2/c20-10-2-1-8(13-16-18-19-17-13)7-9(10)11(21)3-4-12-14-5-6-15-12/h1-7,20H,(H,14,15)(H,16,17,18,19). The van der Waals surface area contributed by atoms with Gasteiger partial charge in [-0.25, -0.2) is 4.98 Å². The lowest BCUT2D eigenvalue weighted by molar-refractivity contribution is 0.104. The maximum absolute atomic E-state index is 12.1. The predicted molar refractivity (Wildman–Crippen MR) is 73.2 cm³/mol. The van der Waals surface area contributed by atoms with Gasteiger partial charge in [-0.1, -0.05) is 0 Å². The Labute approximate surface area is 118 Å². The summed E-state index contributed by atoms with van der Waals surface area (Å²) in [7, 11) is 0. The van der Waals surface area contributed by atoms with E-state index < -0.39 is 0 Å². The zero-order chi connectivity index (χ0) is 14.7. The molecule has 2 heterocycles. The molecule has 0 atom stereocenters. The molecule has 8 nitrogen and oxygen atoms in total. The molecule has 0 fully saturated rings. The lowest BCUT2D eigenvalue weighted by Gasteiger charge is -2.02. The number of carbonyl (C=O) groups excluding carboxylic acids is 1. The van der Waals surface area contributed by atoms with Crippen LogP contribution in [0.5, 0.6) is 5.75 Å². The largest absolute Gasteiger partial charge is 0.507 e. The van der Waals surface area contributed by atoms with Crippen LogP contribution in [0.15, 0.2) is 36.7 Å². The van der Waals surface area contributed by atoms with Crippen LogP contribution in [-0.4, -0.2) is 41.5 Å². The zero-order valence-electron chi connectivity index (χ0n) is 10.7. The highest BCUT2D eigenvalue weighted by atomic mass is 16.3. The Morgan fingerprint density at radius 2 is 2.24 bits per heavy atom. The molecule has 0 amide bonds. The summed E-state index contributed by atoms with van der Waals surface area (Å²) in [5, 5.41) is 23.3. The van der Waals surface area contributed by atoms with E-state index in [4.69, 9.17) is 0 Å². The van der Waals surface area contributed by atoms with Gasteiger partial charge in [0, 0.05) is 18.0 Å². The molecule has 0 aliphatic heterocycles. The number of rotatable bonds is 4. The monoisotopic (exact) mass is 282 g/mol. The van der Waals surface area contributed by atoms with E-state index in [-0.39, 0.29) is 17.1 Å². The first kappa shape index (κ1) is 12.7. The quantitative estimate of drug-likeness (QED) is 0.488. The Balaban J connectivity index is 1.90. The Bertz CT molecular complexity index is 777. The van der Waals surface area contributed by atoms with Gasteiger partial charge < -0.3 is 10.1 Å². The number of phenols is 1. The van der Waals surface area contributed by atoms with E-state index >= 15 is 0 Å². The van der Waals surface area contributed by atoms with Crippen LogP contribution < -0.4 is 0 Å². The van der Waals surface area contributed by atoms with Gasteiger partial charge in [-0.2, -0.15) is 5.21 Å². The predicted octanol–water partition coefficient (Wildman–Crippen LogP) is 1.19. The molecule has 1 aromatic carbocycles. The summed E-state index contributed by atoms with van der Waals surface area (Å²) < 4.78 is 0. The number of carbonyl (C=O) groups is 1. The first-order chi connectivity index (χ1) is 10.2. The molecular weight excluding hydrogens is 272 g/mol. The number of aromatic hydroxyl groups is 1. The lowest BCUT2D eigenvalue weighted by Crippen LogP contribution is -1.96. The van der Waals surface area contributed by atoms with Gasteiger partial charge in [-0.05, 0) is 35.6 Å². The van der Waals surface area contributed by atoms with Gasteiger partial charge in [-0.15, -0.1) is 10.2 Å². The number of ketones is 1. The molecule has 0 bridgehead atoms. The van der Waals surface area contributed by atoms with Gasteiger partial charge in [0.05, 0.1) is 5.56 Å². The van der Waals surface area contributed by atoms with Crippen molar-refractivity contribution in [2.24, 2.45) is 0 Å². The third-order valence-corrected chi connectivity index (χ3v) is 2.78. The van der Waals surface area contributed by atoms with Crippen molar-refractivity contribution in [1.82, 2.24) is 30.6 Å². The highest BCUT2D eigenvalue weighted by Gasteiger charge is 2.12. The molecule has 104 valence electrons. The zero-order valence-corrected chi connectivity index (χ0v) is 10.7. The van der Waals surface area contributed by atoms with E-state index in [1.165, 1.54) is 24.3 Å². The number of aromatic nitrogens is 6. The normalized spacial score (nSPS) is 11.0. The van der Waals surface area contributed by atoms with Crippen molar-refractivity contribution in [2.75, 3.05) is 0 Å². The van der Waals surface area contributed by atoms with Crippen molar-refractivity contribution < 1.29 is 9.90 Å². The third kappa shape index (κ3) is 2.68. The molecule has 8 heteroatoms. The molecule has 0 aliphatic rings. The van der Waals surface area contributed by atoms with E-state index in [1.807, 2.05) is 0 Å². The Kier molecular flexibility index (Phi) is 3.26. The SMILES string of the molecule is O=C(C=Cc1ncc[nH]1)c1cc(-c2nn[nH]n2)ccc1O. The van der Waals surface area contributed by atoms with Crippen LogP contribution in [0.4, 0.5) is 0 Å². The summed E-state index contributed by atoms with van der Waals surface area (Å²) in [6, 6.07) is 4.53.